The standard InChI is InChI=1S/C12H14O5S2/c1-12(2,3)19(16,17)10(11(14)15)6-9-8(7-13)4-5-18-9/h4-7H,1-3H3,(H,14,15)/b10-6+. The van der Waals surface area contributed by atoms with Crippen LogP contribution in [-0.2, 0) is 14.6 Å². The van der Waals surface area contributed by atoms with Gasteiger partial charge in [0.05, 0.1) is 4.75 Å². The summed E-state index contributed by atoms with van der Waals surface area (Å²) >= 11 is 1.11. The van der Waals surface area contributed by atoms with Gasteiger partial charge in [-0.25, -0.2) is 13.2 Å². The topological polar surface area (TPSA) is 88.5 Å². The van der Waals surface area contributed by atoms with Gasteiger partial charge in [0.25, 0.3) is 0 Å². The summed E-state index contributed by atoms with van der Waals surface area (Å²) in [6, 6.07) is 1.51. The lowest BCUT2D eigenvalue weighted by molar-refractivity contribution is -0.131. The van der Waals surface area contributed by atoms with E-state index in [1.165, 1.54) is 26.8 Å². The van der Waals surface area contributed by atoms with Crippen molar-refractivity contribution in [3.05, 3.63) is 26.8 Å². The van der Waals surface area contributed by atoms with Crippen molar-refractivity contribution in [2.75, 3.05) is 0 Å². The average Bonchev–Trinajstić information content (AvgIpc) is 2.70. The lowest BCUT2D eigenvalue weighted by Gasteiger charge is -2.19. The number of carbonyl (C=O) groups excluding carboxylic acids is 1. The van der Waals surface area contributed by atoms with Crippen LogP contribution >= 0.6 is 11.3 Å². The van der Waals surface area contributed by atoms with Gasteiger partial charge in [-0.3, -0.25) is 4.79 Å². The molecule has 1 aromatic heterocycles. The molecule has 1 heterocycles. The first-order valence-electron chi connectivity index (χ1n) is 5.33. The summed E-state index contributed by atoms with van der Waals surface area (Å²) in [5, 5.41) is 10.7. The molecule has 0 aliphatic rings. The molecule has 0 aliphatic carbocycles. The van der Waals surface area contributed by atoms with Crippen LogP contribution in [0.2, 0.25) is 0 Å². The number of hydrogen-bond donors (Lipinski definition) is 1. The maximum atomic E-state index is 12.2. The second-order valence-corrected chi connectivity index (χ2v) is 8.41. The highest BCUT2D eigenvalue weighted by Gasteiger charge is 2.36. The number of thiophene rings is 1. The predicted octanol–water partition coefficient (Wildman–Crippen LogP) is 2.20. The fraction of sp³-hybridized carbons (Fsp3) is 0.333. The van der Waals surface area contributed by atoms with E-state index in [-0.39, 0.29) is 5.56 Å². The highest BCUT2D eigenvalue weighted by Crippen LogP contribution is 2.27. The Bertz CT molecular complexity index is 629. The van der Waals surface area contributed by atoms with Gasteiger partial charge in [-0.1, -0.05) is 0 Å². The molecule has 0 unspecified atom stereocenters. The van der Waals surface area contributed by atoms with Gasteiger partial charge in [-0.2, -0.15) is 0 Å². The van der Waals surface area contributed by atoms with E-state index in [1.807, 2.05) is 0 Å². The van der Waals surface area contributed by atoms with Crippen LogP contribution in [0.1, 0.15) is 36.0 Å². The number of aldehydes is 1. The quantitative estimate of drug-likeness (QED) is 0.680. The summed E-state index contributed by atoms with van der Waals surface area (Å²) in [6.07, 6.45) is 1.60. The van der Waals surface area contributed by atoms with Crippen molar-refractivity contribution in [1.29, 1.82) is 0 Å². The van der Waals surface area contributed by atoms with Crippen LogP contribution in [0, 0.1) is 0 Å². The Balaban J connectivity index is 3.48. The van der Waals surface area contributed by atoms with E-state index in [0.29, 0.717) is 11.2 Å². The van der Waals surface area contributed by atoms with Crippen LogP contribution < -0.4 is 0 Å². The van der Waals surface area contributed by atoms with Gasteiger partial charge in [0.1, 0.15) is 0 Å². The van der Waals surface area contributed by atoms with E-state index in [1.54, 1.807) is 5.38 Å². The molecule has 0 bridgehead atoms. The zero-order valence-corrected chi connectivity index (χ0v) is 12.3. The molecule has 1 aromatic rings. The summed E-state index contributed by atoms with van der Waals surface area (Å²) in [7, 11) is -3.99. The summed E-state index contributed by atoms with van der Waals surface area (Å²) in [5.74, 6) is -1.53. The molecule has 1 N–H and O–H groups in total. The van der Waals surface area contributed by atoms with Gasteiger partial charge >= 0.3 is 5.97 Å². The van der Waals surface area contributed by atoms with Crippen LogP contribution in [0.15, 0.2) is 16.4 Å². The molecule has 0 atom stereocenters. The molecule has 1 rings (SSSR count). The summed E-state index contributed by atoms with van der Waals surface area (Å²) in [4.78, 5) is 21.6. The zero-order valence-electron chi connectivity index (χ0n) is 10.7. The lowest BCUT2D eigenvalue weighted by atomic mass is 10.2. The van der Waals surface area contributed by atoms with Crippen molar-refractivity contribution in [3.8, 4) is 0 Å². The third-order valence-electron chi connectivity index (χ3n) is 2.42. The Morgan fingerprint density at radius 1 is 1.37 bits per heavy atom. The monoisotopic (exact) mass is 302 g/mol. The first-order valence-corrected chi connectivity index (χ1v) is 7.70. The van der Waals surface area contributed by atoms with Crippen LogP contribution in [0.3, 0.4) is 0 Å². The highest BCUT2D eigenvalue weighted by atomic mass is 32.2. The SMILES string of the molecule is CC(C)(C)S(=O)(=O)/C(=C/c1sccc1C=O)C(=O)O. The maximum Gasteiger partial charge on any atom is 0.347 e. The van der Waals surface area contributed by atoms with Crippen molar-refractivity contribution in [2.45, 2.75) is 25.5 Å². The largest absolute Gasteiger partial charge is 0.477 e. The Labute approximate surface area is 115 Å². The van der Waals surface area contributed by atoms with Crippen LogP contribution in [-0.4, -0.2) is 30.5 Å². The van der Waals surface area contributed by atoms with Crippen molar-refractivity contribution in [3.63, 3.8) is 0 Å². The normalized spacial score (nSPS) is 13.3. The van der Waals surface area contributed by atoms with E-state index < -0.39 is 25.5 Å². The summed E-state index contributed by atoms with van der Waals surface area (Å²) in [6.45, 7) is 4.27. The molecule has 0 aromatic carbocycles. The molecule has 0 radical (unpaired) electrons. The third kappa shape index (κ3) is 3.10. The number of hydrogen-bond acceptors (Lipinski definition) is 5. The lowest BCUT2D eigenvalue weighted by Crippen LogP contribution is -2.31. The molecule has 5 nitrogen and oxygen atoms in total. The minimum absolute atomic E-state index is 0.271. The smallest absolute Gasteiger partial charge is 0.347 e. The van der Waals surface area contributed by atoms with Crippen LogP contribution in [0.25, 0.3) is 6.08 Å². The molecule has 0 spiro atoms. The van der Waals surface area contributed by atoms with Gasteiger partial charge in [0.15, 0.2) is 21.0 Å². The van der Waals surface area contributed by atoms with Gasteiger partial charge in [0, 0.05) is 10.4 Å². The van der Waals surface area contributed by atoms with Crippen molar-refractivity contribution in [1.82, 2.24) is 0 Å². The number of carbonyl (C=O) groups is 2. The van der Waals surface area contributed by atoms with E-state index in [9.17, 15) is 18.0 Å². The Morgan fingerprint density at radius 3 is 2.37 bits per heavy atom. The van der Waals surface area contributed by atoms with E-state index in [2.05, 4.69) is 0 Å². The molecular weight excluding hydrogens is 288 g/mol. The number of aliphatic carboxylic acids is 1. The van der Waals surface area contributed by atoms with E-state index in [4.69, 9.17) is 5.11 Å². The molecule has 7 heteroatoms. The van der Waals surface area contributed by atoms with Crippen LogP contribution in [0.5, 0.6) is 0 Å². The highest BCUT2D eigenvalue weighted by molar-refractivity contribution is 7.97. The van der Waals surface area contributed by atoms with E-state index in [0.717, 1.165) is 17.4 Å². The number of sulfone groups is 1. The first-order chi connectivity index (χ1) is 8.61. The number of rotatable bonds is 4. The fourth-order valence-corrected chi connectivity index (χ4v) is 3.29. The number of carboxylic acids is 1. The molecule has 0 fully saturated rings. The van der Waals surface area contributed by atoms with E-state index >= 15 is 0 Å². The Morgan fingerprint density at radius 2 is 1.95 bits per heavy atom. The molecule has 0 saturated carbocycles. The van der Waals surface area contributed by atoms with Gasteiger partial charge in [-0.15, -0.1) is 11.3 Å². The van der Waals surface area contributed by atoms with Crippen molar-refractivity contribution >= 4 is 39.5 Å². The minimum atomic E-state index is -3.99. The molecule has 0 aliphatic heterocycles. The fourth-order valence-electron chi connectivity index (χ4n) is 1.25. The third-order valence-corrected chi connectivity index (χ3v) is 5.79. The van der Waals surface area contributed by atoms with Crippen LogP contribution in [0.4, 0.5) is 0 Å². The predicted molar refractivity (Wildman–Crippen MR) is 74.0 cm³/mol. The molecular formula is C12H14O5S2. The van der Waals surface area contributed by atoms with Gasteiger partial charge in [-0.05, 0) is 38.3 Å². The Kier molecular flexibility index (Phi) is 4.32. The summed E-state index contributed by atoms with van der Waals surface area (Å²) in [5.41, 5.74) is 0.271. The molecule has 19 heavy (non-hydrogen) atoms. The Hall–Kier alpha value is -1.47. The maximum absolute atomic E-state index is 12.2. The van der Waals surface area contributed by atoms with Crippen molar-refractivity contribution in [2.24, 2.45) is 0 Å². The minimum Gasteiger partial charge on any atom is -0.477 e. The first kappa shape index (κ1) is 15.6. The van der Waals surface area contributed by atoms with Gasteiger partial charge in [0.2, 0.25) is 0 Å². The van der Waals surface area contributed by atoms with Crippen molar-refractivity contribution < 1.29 is 23.1 Å². The zero-order chi connectivity index (χ0) is 14.8. The molecule has 0 amide bonds. The second kappa shape index (κ2) is 5.26. The molecule has 0 saturated heterocycles. The second-order valence-electron chi connectivity index (χ2n) is 4.79. The number of carboxylic acid groups (broad SMARTS) is 1. The average molecular weight is 302 g/mol. The molecule has 104 valence electrons. The summed E-state index contributed by atoms with van der Waals surface area (Å²) < 4.78 is 23.1. The van der Waals surface area contributed by atoms with Gasteiger partial charge < -0.3 is 5.11 Å².